The van der Waals surface area contributed by atoms with Crippen LogP contribution >= 0.6 is 0 Å². The molecular formula is C17H27NO4. The van der Waals surface area contributed by atoms with E-state index in [1.165, 1.54) is 6.42 Å². The highest BCUT2D eigenvalue weighted by Crippen LogP contribution is 2.57. The van der Waals surface area contributed by atoms with E-state index in [0.717, 1.165) is 37.5 Å². The van der Waals surface area contributed by atoms with E-state index < -0.39 is 23.7 Å². The topological polar surface area (TPSA) is 75.6 Å². The second-order valence-corrected chi connectivity index (χ2v) is 8.47. The van der Waals surface area contributed by atoms with E-state index in [2.05, 4.69) is 5.32 Å². The maximum atomic E-state index is 12.0. The normalized spacial score (nSPS) is 37.7. The molecule has 4 bridgehead atoms. The van der Waals surface area contributed by atoms with Crippen LogP contribution in [-0.4, -0.2) is 28.8 Å². The molecule has 0 aromatic rings. The first-order valence-corrected chi connectivity index (χ1v) is 8.45. The van der Waals surface area contributed by atoms with Crippen LogP contribution in [0.2, 0.25) is 0 Å². The smallest absolute Gasteiger partial charge is 0.408 e. The van der Waals surface area contributed by atoms with Crippen LogP contribution in [0.25, 0.3) is 0 Å². The molecule has 0 spiro atoms. The summed E-state index contributed by atoms with van der Waals surface area (Å²) in [5.74, 6) is 1.62. The first-order chi connectivity index (χ1) is 10.2. The van der Waals surface area contributed by atoms with E-state index in [1.807, 2.05) is 0 Å². The van der Waals surface area contributed by atoms with Crippen LogP contribution < -0.4 is 5.32 Å². The average molecular weight is 309 g/mol. The lowest BCUT2D eigenvalue weighted by Gasteiger charge is -2.55. The maximum absolute atomic E-state index is 12.0. The van der Waals surface area contributed by atoms with E-state index >= 15 is 0 Å². The molecule has 0 aliphatic heterocycles. The molecule has 4 saturated carbocycles. The van der Waals surface area contributed by atoms with Crippen LogP contribution in [0.1, 0.15) is 52.9 Å². The summed E-state index contributed by atoms with van der Waals surface area (Å²) in [7, 11) is 0. The van der Waals surface area contributed by atoms with E-state index in [-0.39, 0.29) is 5.92 Å². The van der Waals surface area contributed by atoms with Crippen molar-refractivity contribution in [2.45, 2.75) is 64.5 Å². The summed E-state index contributed by atoms with van der Waals surface area (Å²) >= 11 is 0. The summed E-state index contributed by atoms with van der Waals surface area (Å²) in [6.45, 7) is 5.35. The second-order valence-electron chi connectivity index (χ2n) is 8.47. The van der Waals surface area contributed by atoms with Gasteiger partial charge in [-0.1, -0.05) is 0 Å². The molecule has 1 amide bonds. The number of alkyl carbamates (subject to hydrolysis) is 1. The molecule has 0 saturated heterocycles. The second kappa shape index (κ2) is 5.43. The number of carboxylic acids is 1. The first kappa shape index (κ1) is 15.6. The number of hydrogen-bond donors (Lipinski definition) is 2. The van der Waals surface area contributed by atoms with Crippen molar-refractivity contribution in [2.24, 2.45) is 29.6 Å². The van der Waals surface area contributed by atoms with Gasteiger partial charge in [-0.25, -0.2) is 9.59 Å². The van der Waals surface area contributed by atoms with Crippen molar-refractivity contribution in [1.29, 1.82) is 0 Å². The third-order valence-corrected chi connectivity index (χ3v) is 5.62. The van der Waals surface area contributed by atoms with Gasteiger partial charge in [0.25, 0.3) is 0 Å². The van der Waals surface area contributed by atoms with Crippen molar-refractivity contribution < 1.29 is 19.4 Å². The van der Waals surface area contributed by atoms with Gasteiger partial charge in [-0.2, -0.15) is 0 Å². The molecule has 4 fully saturated rings. The van der Waals surface area contributed by atoms with Crippen molar-refractivity contribution in [3.05, 3.63) is 0 Å². The van der Waals surface area contributed by atoms with E-state index in [1.54, 1.807) is 20.8 Å². The average Bonchev–Trinajstić information content (AvgIpc) is 2.33. The number of nitrogens with one attached hydrogen (secondary N) is 1. The lowest BCUT2D eigenvalue weighted by Crippen LogP contribution is -2.57. The third kappa shape index (κ3) is 3.08. The standard InChI is InChI=1S/C17H27NO4/c1-17(2,3)22-16(21)18-14(15(19)20)13-11-5-9-4-10(7-11)8-12(13)6-9/h9-14H,4-8H2,1-3H3,(H,18,21)(H,19,20)/t9?,10?,11?,12?,13?,14-/m1/s1. The molecule has 1 atom stereocenters. The number of carboxylic acid groups (broad SMARTS) is 1. The van der Waals surface area contributed by atoms with Gasteiger partial charge in [-0.3, -0.25) is 0 Å². The van der Waals surface area contributed by atoms with Gasteiger partial charge in [0.2, 0.25) is 0 Å². The summed E-state index contributed by atoms with van der Waals surface area (Å²) in [5, 5.41) is 12.3. The predicted octanol–water partition coefficient (Wildman–Crippen LogP) is 3.04. The summed E-state index contributed by atoms with van der Waals surface area (Å²) in [6.07, 6.45) is 5.26. The number of hydrogen-bond acceptors (Lipinski definition) is 3. The Morgan fingerprint density at radius 2 is 1.55 bits per heavy atom. The van der Waals surface area contributed by atoms with Crippen LogP contribution in [-0.2, 0) is 9.53 Å². The van der Waals surface area contributed by atoms with Crippen molar-refractivity contribution >= 4 is 12.1 Å². The summed E-state index contributed by atoms with van der Waals surface area (Å²) < 4.78 is 5.25. The molecule has 5 heteroatoms. The zero-order chi connectivity index (χ0) is 16.1. The number of aliphatic carboxylic acids is 1. The Balaban J connectivity index is 1.72. The van der Waals surface area contributed by atoms with Gasteiger partial charge < -0.3 is 15.2 Å². The predicted molar refractivity (Wildman–Crippen MR) is 81.3 cm³/mol. The van der Waals surface area contributed by atoms with E-state index in [0.29, 0.717) is 11.8 Å². The molecule has 4 aliphatic rings. The zero-order valence-corrected chi connectivity index (χ0v) is 13.7. The molecule has 2 N–H and O–H groups in total. The fraction of sp³-hybridized carbons (Fsp3) is 0.882. The lowest BCUT2D eigenvalue weighted by atomic mass is 9.50. The van der Waals surface area contributed by atoms with Crippen LogP contribution in [0.3, 0.4) is 0 Å². The van der Waals surface area contributed by atoms with Gasteiger partial charge in [0.1, 0.15) is 11.6 Å². The van der Waals surface area contributed by atoms with Crippen molar-refractivity contribution in [3.63, 3.8) is 0 Å². The van der Waals surface area contributed by atoms with Gasteiger partial charge in [0, 0.05) is 0 Å². The van der Waals surface area contributed by atoms with Gasteiger partial charge >= 0.3 is 12.1 Å². The number of rotatable bonds is 3. The van der Waals surface area contributed by atoms with Gasteiger partial charge in [-0.15, -0.1) is 0 Å². The highest BCUT2D eigenvalue weighted by atomic mass is 16.6. The number of amides is 1. The van der Waals surface area contributed by atoms with Gasteiger partial charge in [-0.05, 0) is 82.5 Å². The third-order valence-electron chi connectivity index (χ3n) is 5.62. The van der Waals surface area contributed by atoms with E-state index in [9.17, 15) is 14.7 Å². The van der Waals surface area contributed by atoms with Gasteiger partial charge in [0.05, 0.1) is 0 Å². The van der Waals surface area contributed by atoms with Crippen molar-refractivity contribution in [2.75, 3.05) is 0 Å². The number of carbonyl (C=O) groups is 2. The Kier molecular flexibility index (Phi) is 3.86. The summed E-state index contributed by atoms with van der Waals surface area (Å²) in [6, 6.07) is -0.815. The van der Waals surface area contributed by atoms with Crippen LogP contribution in [0.5, 0.6) is 0 Å². The quantitative estimate of drug-likeness (QED) is 0.840. The molecule has 22 heavy (non-hydrogen) atoms. The van der Waals surface area contributed by atoms with E-state index in [4.69, 9.17) is 4.74 Å². The molecule has 4 rings (SSSR count). The number of ether oxygens (including phenoxy) is 1. The minimum absolute atomic E-state index is 0.0674. The Morgan fingerprint density at radius 1 is 1.05 bits per heavy atom. The Labute approximate surface area is 131 Å². The Hall–Kier alpha value is -1.26. The molecule has 0 aromatic heterocycles. The van der Waals surface area contributed by atoms with Crippen molar-refractivity contribution in [1.82, 2.24) is 5.32 Å². The molecule has 4 aliphatic carbocycles. The van der Waals surface area contributed by atoms with Crippen molar-refractivity contribution in [3.8, 4) is 0 Å². The molecule has 0 aromatic carbocycles. The highest BCUT2D eigenvalue weighted by molar-refractivity contribution is 5.80. The first-order valence-electron chi connectivity index (χ1n) is 8.45. The monoisotopic (exact) mass is 309 g/mol. The van der Waals surface area contributed by atoms with Crippen LogP contribution in [0.4, 0.5) is 4.79 Å². The highest BCUT2D eigenvalue weighted by Gasteiger charge is 2.52. The largest absolute Gasteiger partial charge is 0.480 e. The molecule has 0 heterocycles. The summed E-state index contributed by atoms with van der Waals surface area (Å²) in [5.41, 5.74) is -0.614. The number of carbonyl (C=O) groups excluding carboxylic acids is 1. The fourth-order valence-corrected chi connectivity index (χ4v) is 5.27. The molecule has 124 valence electrons. The van der Waals surface area contributed by atoms with Gasteiger partial charge in [0.15, 0.2) is 0 Å². The Morgan fingerprint density at radius 3 is 1.95 bits per heavy atom. The minimum atomic E-state index is -0.927. The van der Waals surface area contributed by atoms with Crippen LogP contribution in [0, 0.1) is 29.6 Å². The fourth-order valence-electron chi connectivity index (χ4n) is 5.27. The summed E-state index contributed by atoms with van der Waals surface area (Å²) in [4.78, 5) is 23.8. The molecule has 5 nitrogen and oxygen atoms in total. The SMILES string of the molecule is CC(C)(C)OC(=O)N[C@@H](C(=O)O)C1C2CC3CC(C2)CC1C3. The minimum Gasteiger partial charge on any atom is -0.480 e. The lowest BCUT2D eigenvalue weighted by molar-refractivity contribution is -0.146. The van der Waals surface area contributed by atoms with Crippen LogP contribution in [0.15, 0.2) is 0 Å². The molecular weight excluding hydrogens is 282 g/mol. The Bertz CT molecular complexity index is 440. The molecule has 0 radical (unpaired) electrons. The maximum Gasteiger partial charge on any atom is 0.408 e. The zero-order valence-electron chi connectivity index (χ0n) is 13.7. The molecule has 0 unspecified atom stereocenters.